The van der Waals surface area contributed by atoms with Crippen LogP contribution >= 0.6 is 0 Å². The van der Waals surface area contributed by atoms with E-state index in [1.807, 2.05) is 0 Å². The lowest BCUT2D eigenvalue weighted by Crippen LogP contribution is -2.38. The molecule has 0 aliphatic heterocycles. The van der Waals surface area contributed by atoms with E-state index in [-0.39, 0.29) is 12.3 Å². The van der Waals surface area contributed by atoms with Crippen molar-refractivity contribution in [1.29, 1.82) is 0 Å². The molecule has 8 heteroatoms. The number of hydrogen-bond donors (Lipinski definition) is 1. The number of alkyl halides is 3. The van der Waals surface area contributed by atoms with Crippen LogP contribution in [0.1, 0.15) is 0 Å². The lowest BCUT2D eigenvalue weighted by Gasteiger charge is -2.18. The molecule has 0 spiro atoms. The Morgan fingerprint density at radius 1 is 1.36 bits per heavy atom. The van der Waals surface area contributed by atoms with Crippen molar-refractivity contribution in [2.45, 2.75) is 6.18 Å². The van der Waals surface area contributed by atoms with Crippen molar-refractivity contribution in [2.24, 2.45) is 0 Å². The third kappa shape index (κ3) is 5.40. The summed E-state index contributed by atoms with van der Waals surface area (Å²) in [5.41, 5.74) is 0. The molecule has 0 saturated heterocycles. The van der Waals surface area contributed by atoms with Gasteiger partial charge in [0.05, 0.1) is 5.75 Å². The summed E-state index contributed by atoms with van der Waals surface area (Å²) in [4.78, 5) is 0. The SMILES string of the molecule is CNCCS(=O)(=O)N(C)CC(F)(F)F. The molecule has 0 atom stereocenters. The molecule has 0 bridgehead atoms. The Balaban J connectivity index is 4.30. The highest BCUT2D eigenvalue weighted by molar-refractivity contribution is 7.89. The molecule has 0 aliphatic carbocycles. The zero-order valence-corrected chi connectivity index (χ0v) is 8.74. The third-order valence-electron chi connectivity index (χ3n) is 1.49. The van der Waals surface area contributed by atoms with Crippen molar-refractivity contribution in [3.05, 3.63) is 0 Å². The van der Waals surface area contributed by atoms with Crippen LogP contribution in [0.4, 0.5) is 13.2 Å². The van der Waals surface area contributed by atoms with Gasteiger partial charge in [-0.1, -0.05) is 0 Å². The highest BCUT2D eigenvalue weighted by Crippen LogP contribution is 2.17. The van der Waals surface area contributed by atoms with Gasteiger partial charge in [-0.3, -0.25) is 0 Å². The molecule has 0 aliphatic rings. The second kappa shape index (κ2) is 4.94. The first kappa shape index (κ1) is 13.7. The van der Waals surface area contributed by atoms with Crippen LogP contribution in [-0.4, -0.2) is 51.8 Å². The maximum absolute atomic E-state index is 11.8. The van der Waals surface area contributed by atoms with E-state index in [0.29, 0.717) is 4.31 Å². The van der Waals surface area contributed by atoms with Crippen molar-refractivity contribution in [1.82, 2.24) is 9.62 Å². The minimum Gasteiger partial charge on any atom is -0.319 e. The van der Waals surface area contributed by atoms with Crippen LogP contribution in [-0.2, 0) is 10.0 Å². The molecule has 0 saturated carbocycles. The molecular weight excluding hydrogens is 221 g/mol. The van der Waals surface area contributed by atoms with E-state index in [1.54, 1.807) is 0 Å². The Labute approximate surface area is 81.1 Å². The number of halogens is 3. The van der Waals surface area contributed by atoms with Gasteiger partial charge >= 0.3 is 6.18 Å². The molecule has 0 unspecified atom stereocenters. The van der Waals surface area contributed by atoms with E-state index < -0.39 is 22.7 Å². The monoisotopic (exact) mass is 234 g/mol. The molecule has 86 valence electrons. The minimum atomic E-state index is -4.50. The standard InChI is InChI=1S/C6H13F3N2O2S/c1-10-3-4-14(12,13)11(2)5-6(7,8)9/h10H,3-5H2,1-2H3. The highest BCUT2D eigenvalue weighted by atomic mass is 32.2. The molecular formula is C6H13F3N2O2S. The number of hydrogen-bond acceptors (Lipinski definition) is 3. The van der Waals surface area contributed by atoms with Gasteiger partial charge in [0.15, 0.2) is 0 Å². The Morgan fingerprint density at radius 2 is 1.86 bits per heavy atom. The fourth-order valence-electron chi connectivity index (χ4n) is 0.738. The fraction of sp³-hybridized carbons (Fsp3) is 1.00. The molecule has 0 heterocycles. The predicted molar refractivity (Wildman–Crippen MR) is 46.4 cm³/mol. The molecule has 0 fully saturated rings. The number of rotatable bonds is 5. The molecule has 0 amide bonds. The largest absolute Gasteiger partial charge is 0.402 e. The molecule has 0 radical (unpaired) electrons. The van der Waals surface area contributed by atoms with E-state index in [9.17, 15) is 21.6 Å². The van der Waals surface area contributed by atoms with Crippen LogP contribution < -0.4 is 5.32 Å². The van der Waals surface area contributed by atoms with Gasteiger partial charge in [-0.05, 0) is 7.05 Å². The highest BCUT2D eigenvalue weighted by Gasteiger charge is 2.33. The van der Waals surface area contributed by atoms with Gasteiger partial charge in [-0.15, -0.1) is 0 Å². The van der Waals surface area contributed by atoms with Gasteiger partial charge in [-0.25, -0.2) is 8.42 Å². The average molecular weight is 234 g/mol. The topological polar surface area (TPSA) is 49.4 Å². The van der Waals surface area contributed by atoms with E-state index in [4.69, 9.17) is 0 Å². The van der Waals surface area contributed by atoms with Crippen molar-refractivity contribution < 1.29 is 21.6 Å². The van der Waals surface area contributed by atoms with Gasteiger partial charge in [0.25, 0.3) is 0 Å². The van der Waals surface area contributed by atoms with Crippen molar-refractivity contribution in [3.8, 4) is 0 Å². The van der Waals surface area contributed by atoms with Crippen LogP contribution in [0.2, 0.25) is 0 Å². The first-order valence-electron chi connectivity index (χ1n) is 3.84. The van der Waals surface area contributed by atoms with Gasteiger partial charge in [0, 0.05) is 13.6 Å². The lowest BCUT2D eigenvalue weighted by atomic mass is 10.6. The molecule has 0 aromatic carbocycles. The Bertz CT molecular complexity index is 263. The summed E-state index contributed by atoms with van der Waals surface area (Å²) in [6.07, 6.45) is -4.50. The van der Waals surface area contributed by atoms with E-state index in [0.717, 1.165) is 7.05 Å². The van der Waals surface area contributed by atoms with E-state index in [1.165, 1.54) is 7.05 Å². The van der Waals surface area contributed by atoms with Crippen LogP contribution in [0.15, 0.2) is 0 Å². The van der Waals surface area contributed by atoms with E-state index in [2.05, 4.69) is 5.32 Å². The van der Waals surface area contributed by atoms with Gasteiger partial charge < -0.3 is 5.32 Å². The van der Waals surface area contributed by atoms with Crippen LogP contribution in [0.25, 0.3) is 0 Å². The summed E-state index contributed by atoms with van der Waals surface area (Å²) in [6.45, 7) is -1.32. The molecule has 0 rings (SSSR count). The number of sulfonamides is 1. The Hall–Kier alpha value is -0.340. The predicted octanol–water partition coefficient (Wildman–Crippen LogP) is 0.0297. The van der Waals surface area contributed by atoms with Crippen LogP contribution in [0, 0.1) is 0 Å². The molecule has 0 aromatic rings. The lowest BCUT2D eigenvalue weighted by molar-refractivity contribution is -0.134. The summed E-state index contributed by atoms with van der Waals surface area (Å²) in [5, 5.41) is 2.55. The van der Waals surface area contributed by atoms with Crippen molar-refractivity contribution >= 4 is 10.0 Å². The van der Waals surface area contributed by atoms with Crippen LogP contribution in [0.5, 0.6) is 0 Å². The summed E-state index contributed by atoms with van der Waals surface area (Å²) in [6, 6.07) is 0. The minimum absolute atomic E-state index is 0.129. The smallest absolute Gasteiger partial charge is 0.319 e. The summed E-state index contributed by atoms with van der Waals surface area (Å²) < 4.78 is 58.1. The fourth-order valence-corrected chi connectivity index (χ4v) is 1.85. The van der Waals surface area contributed by atoms with Gasteiger partial charge in [0.2, 0.25) is 10.0 Å². The normalized spacial score (nSPS) is 13.6. The number of nitrogens with zero attached hydrogens (tertiary/aromatic N) is 1. The number of nitrogens with one attached hydrogen (secondary N) is 1. The molecule has 0 aromatic heterocycles. The second-order valence-electron chi connectivity index (χ2n) is 2.79. The van der Waals surface area contributed by atoms with Gasteiger partial charge in [-0.2, -0.15) is 17.5 Å². The maximum Gasteiger partial charge on any atom is 0.402 e. The van der Waals surface area contributed by atoms with Crippen molar-refractivity contribution in [2.75, 3.05) is 32.9 Å². The van der Waals surface area contributed by atoms with Crippen molar-refractivity contribution in [3.63, 3.8) is 0 Å². The zero-order chi connectivity index (χ0) is 11.4. The van der Waals surface area contributed by atoms with Gasteiger partial charge in [0.1, 0.15) is 6.54 Å². The summed E-state index contributed by atoms with van der Waals surface area (Å²) in [5.74, 6) is -0.337. The first-order valence-corrected chi connectivity index (χ1v) is 5.45. The summed E-state index contributed by atoms with van der Waals surface area (Å²) in [7, 11) is -1.36. The zero-order valence-electron chi connectivity index (χ0n) is 7.93. The molecule has 4 nitrogen and oxygen atoms in total. The second-order valence-corrected chi connectivity index (χ2v) is 4.99. The average Bonchev–Trinajstić information content (AvgIpc) is 1.97. The molecule has 14 heavy (non-hydrogen) atoms. The quantitative estimate of drug-likeness (QED) is 0.730. The first-order chi connectivity index (χ1) is 6.19. The Morgan fingerprint density at radius 3 is 2.21 bits per heavy atom. The Kier molecular flexibility index (Phi) is 4.82. The third-order valence-corrected chi connectivity index (χ3v) is 3.29. The summed E-state index contributed by atoms with van der Waals surface area (Å²) >= 11 is 0. The maximum atomic E-state index is 11.8. The van der Waals surface area contributed by atoms with Crippen LogP contribution in [0.3, 0.4) is 0 Å². The van der Waals surface area contributed by atoms with E-state index >= 15 is 0 Å². The molecule has 1 N–H and O–H groups in total.